The lowest BCUT2D eigenvalue weighted by Crippen LogP contribution is -2.15. The molecule has 2 N–H and O–H groups in total. The van der Waals surface area contributed by atoms with Crippen molar-refractivity contribution in [2.75, 3.05) is 37.5 Å². The molecule has 0 aliphatic heterocycles. The third kappa shape index (κ3) is 5.82. The third-order valence-corrected chi connectivity index (χ3v) is 3.38. The maximum atomic E-state index is 12.2. The number of benzene rings is 1. The van der Waals surface area contributed by atoms with Crippen LogP contribution in [0.4, 0.5) is 11.5 Å². The number of aromatic nitrogens is 2. The lowest BCUT2D eigenvalue weighted by atomic mass is 10.2. The second-order valence-electron chi connectivity index (χ2n) is 5.33. The van der Waals surface area contributed by atoms with E-state index in [-0.39, 0.29) is 11.6 Å². The molecule has 1 heterocycles. The van der Waals surface area contributed by atoms with Gasteiger partial charge in [0.15, 0.2) is 5.69 Å². The minimum absolute atomic E-state index is 0.196. The highest BCUT2D eigenvalue weighted by Crippen LogP contribution is 2.12. The summed E-state index contributed by atoms with van der Waals surface area (Å²) in [7, 11) is 1.65. The quantitative estimate of drug-likeness (QED) is 0.524. The number of hydrogen-bond acceptors (Lipinski definition) is 7. The van der Waals surface area contributed by atoms with E-state index in [1.807, 2.05) is 0 Å². The first kappa shape index (κ1) is 19.3. The van der Waals surface area contributed by atoms with Crippen LogP contribution in [-0.4, -0.2) is 48.9 Å². The van der Waals surface area contributed by atoms with Crippen molar-refractivity contribution >= 4 is 23.4 Å². The Morgan fingerprint density at radius 3 is 2.46 bits per heavy atom. The van der Waals surface area contributed by atoms with Crippen molar-refractivity contribution in [3.63, 3.8) is 0 Å². The number of rotatable bonds is 9. The fourth-order valence-electron chi connectivity index (χ4n) is 2.08. The maximum Gasteiger partial charge on any atom is 0.338 e. The molecule has 0 fully saturated rings. The first-order valence-corrected chi connectivity index (χ1v) is 8.29. The maximum absolute atomic E-state index is 12.2. The molecule has 26 heavy (non-hydrogen) atoms. The molecule has 1 amide bonds. The molecule has 0 aliphatic carbocycles. The molecular weight excluding hydrogens is 336 g/mol. The Kier molecular flexibility index (Phi) is 7.50. The van der Waals surface area contributed by atoms with Crippen molar-refractivity contribution in [3.05, 3.63) is 47.7 Å². The molecule has 0 saturated carbocycles. The molecule has 0 radical (unpaired) electrons. The molecule has 0 aliphatic rings. The first-order chi connectivity index (χ1) is 12.6. The average Bonchev–Trinajstić information content (AvgIpc) is 2.66. The highest BCUT2D eigenvalue weighted by molar-refractivity contribution is 6.03. The van der Waals surface area contributed by atoms with Crippen LogP contribution < -0.4 is 10.6 Å². The third-order valence-electron chi connectivity index (χ3n) is 3.38. The lowest BCUT2D eigenvalue weighted by Gasteiger charge is -2.07. The van der Waals surface area contributed by atoms with Gasteiger partial charge >= 0.3 is 5.97 Å². The van der Waals surface area contributed by atoms with Crippen molar-refractivity contribution in [1.29, 1.82) is 0 Å². The Balaban J connectivity index is 1.89. The van der Waals surface area contributed by atoms with Crippen molar-refractivity contribution < 1.29 is 19.1 Å². The Hall–Kier alpha value is -3.00. The summed E-state index contributed by atoms with van der Waals surface area (Å²) in [6, 6.07) is 9.72. The summed E-state index contributed by atoms with van der Waals surface area (Å²) in [5.74, 6) is -0.186. The van der Waals surface area contributed by atoms with E-state index in [0.29, 0.717) is 36.8 Å². The van der Waals surface area contributed by atoms with Gasteiger partial charge in [-0.15, -0.1) is 10.2 Å². The Morgan fingerprint density at radius 1 is 1.08 bits per heavy atom. The molecule has 8 heteroatoms. The summed E-state index contributed by atoms with van der Waals surface area (Å²) in [5, 5.41) is 13.7. The second-order valence-corrected chi connectivity index (χ2v) is 5.33. The van der Waals surface area contributed by atoms with E-state index in [4.69, 9.17) is 9.47 Å². The lowest BCUT2D eigenvalue weighted by molar-refractivity contribution is 0.0526. The molecule has 0 spiro atoms. The van der Waals surface area contributed by atoms with E-state index in [1.54, 1.807) is 50.4 Å². The minimum Gasteiger partial charge on any atom is -0.462 e. The molecule has 1 aromatic heterocycles. The molecule has 0 atom stereocenters. The smallest absolute Gasteiger partial charge is 0.338 e. The van der Waals surface area contributed by atoms with Crippen LogP contribution in [0.15, 0.2) is 36.4 Å². The van der Waals surface area contributed by atoms with Gasteiger partial charge in [0.25, 0.3) is 5.91 Å². The molecule has 138 valence electrons. The van der Waals surface area contributed by atoms with Crippen LogP contribution >= 0.6 is 0 Å². The van der Waals surface area contributed by atoms with E-state index in [2.05, 4.69) is 20.8 Å². The molecule has 8 nitrogen and oxygen atoms in total. The normalized spacial score (nSPS) is 10.2. The zero-order valence-electron chi connectivity index (χ0n) is 14.8. The summed E-state index contributed by atoms with van der Waals surface area (Å²) in [5.41, 5.74) is 1.17. The van der Waals surface area contributed by atoms with Crippen LogP contribution in [0, 0.1) is 0 Å². The van der Waals surface area contributed by atoms with Gasteiger partial charge in [-0.1, -0.05) is 0 Å². The highest BCUT2D eigenvalue weighted by atomic mass is 16.5. The number of carbonyl (C=O) groups excluding carboxylic acids is 2. The van der Waals surface area contributed by atoms with Crippen LogP contribution in [0.3, 0.4) is 0 Å². The number of esters is 1. The average molecular weight is 358 g/mol. The molecule has 2 aromatic rings. The second kappa shape index (κ2) is 10.1. The molecule has 1 aromatic carbocycles. The van der Waals surface area contributed by atoms with Gasteiger partial charge in [0.1, 0.15) is 5.82 Å². The van der Waals surface area contributed by atoms with Crippen molar-refractivity contribution in [2.45, 2.75) is 13.3 Å². The highest BCUT2D eigenvalue weighted by Gasteiger charge is 2.10. The Morgan fingerprint density at radius 2 is 1.85 bits per heavy atom. The molecule has 0 saturated heterocycles. The Labute approximate surface area is 151 Å². The molecule has 2 rings (SSSR count). The van der Waals surface area contributed by atoms with Gasteiger partial charge in [-0.3, -0.25) is 4.79 Å². The first-order valence-electron chi connectivity index (χ1n) is 8.29. The number of hydrogen-bond donors (Lipinski definition) is 2. The van der Waals surface area contributed by atoms with Crippen molar-refractivity contribution in [2.24, 2.45) is 0 Å². The van der Waals surface area contributed by atoms with E-state index >= 15 is 0 Å². The fourth-order valence-corrected chi connectivity index (χ4v) is 2.08. The van der Waals surface area contributed by atoms with E-state index in [9.17, 15) is 9.59 Å². The van der Waals surface area contributed by atoms with Crippen LogP contribution in [0.2, 0.25) is 0 Å². The van der Waals surface area contributed by atoms with Crippen LogP contribution in [0.5, 0.6) is 0 Å². The number of anilines is 2. The number of methoxy groups -OCH3 is 1. The van der Waals surface area contributed by atoms with Gasteiger partial charge in [-0.05, 0) is 49.7 Å². The summed E-state index contributed by atoms with van der Waals surface area (Å²) < 4.78 is 9.88. The standard InChI is InChI=1S/C18H22N4O4/c1-3-26-18(24)13-5-7-14(8-6-13)20-17(23)15-9-10-16(22-21-15)19-11-4-12-25-2/h5-10H,3-4,11-12H2,1-2H3,(H,19,22)(H,20,23). The van der Waals surface area contributed by atoms with Gasteiger partial charge in [0.05, 0.1) is 12.2 Å². The topological polar surface area (TPSA) is 102 Å². The summed E-state index contributed by atoms with van der Waals surface area (Å²) in [4.78, 5) is 23.8. The fraction of sp³-hybridized carbons (Fsp3) is 0.333. The molecule has 0 unspecified atom stereocenters. The zero-order valence-corrected chi connectivity index (χ0v) is 14.8. The molecular formula is C18H22N4O4. The predicted octanol–water partition coefficient (Wildman–Crippen LogP) is 2.35. The summed E-state index contributed by atoms with van der Waals surface area (Å²) in [6.07, 6.45) is 0.849. The van der Waals surface area contributed by atoms with E-state index < -0.39 is 5.97 Å². The summed E-state index contributed by atoms with van der Waals surface area (Å²) in [6.45, 7) is 3.43. The zero-order chi connectivity index (χ0) is 18.8. The Bertz CT molecular complexity index is 717. The van der Waals surface area contributed by atoms with Gasteiger partial charge < -0.3 is 20.1 Å². The van der Waals surface area contributed by atoms with Gasteiger partial charge in [0.2, 0.25) is 0 Å². The van der Waals surface area contributed by atoms with Crippen molar-refractivity contribution in [3.8, 4) is 0 Å². The largest absolute Gasteiger partial charge is 0.462 e. The van der Waals surface area contributed by atoms with Crippen LogP contribution in [0.1, 0.15) is 34.2 Å². The van der Waals surface area contributed by atoms with Crippen LogP contribution in [-0.2, 0) is 9.47 Å². The van der Waals surface area contributed by atoms with Gasteiger partial charge in [-0.2, -0.15) is 0 Å². The predicted molar refractivity (Wildman–Crippen MR) is 97.4 cm³/mol. The molecule has 0 bridgehead atoms. The number of nitrogens with zero attached hydrogens (tertiary/aromatic N) is 2. The van der Waals surface area contributed by atoms with Gasteiger partial charge in [-0.25, -0.2) is 4.79 Å². The number of carbonyl (C=O) groups is 2. The summed E-state index contributed by atoms with van der Waals surface area (Å²) >= 11 is 0. The van der Waals surface area contributed by atoms with E-state index in [1.165, 1.54) is 0 Å². The van der Waals surface area contributed by atoms with Crippen molar-refractivity contribution in [1.82, 2.24) is 10.2 Å². The number of ether oxygens (including phenoxy) is 2. The number of nitrogens with one attached hydrogen (secondary N) is 2. The number of amides is 1. The van der Waals surface area contributed by atoms with Gasteiger partial charge in [0, 0.05) is 25.9 Å². The minimum atomic E-state index is -0.398. The van der Waals surface area contributed by atoms with Crippen LogP contribution in [0.25, 0.3) is 0 Å². The SMILES string of the molecule is CCOC(=O)c1ccc(NC(=O)c2ccc(NCCCOC)nn2)cc1. The monoisotopic (exact) mass is 358 g/mol. The van der Waals surface area contributed by atoms with E-state index in [0.717, 1.165) is 6.42 Å².